The number of nitrogen functional groups attached to an aromatic ring is 1. The topological polar surface area (TPSA) is 94.3 Å². The number of hydrogen-bond acceptors (Lipinski definition) is 7. The van der Waals surface area contributed by atoms with Crippen molar-refractivity contribution in [3.8, 4) is 0 Å². The van der Waals surface area contributed by atoms with Crippen molar-refractivity contribution in [1.29, 1.82) is 0 Å². The summed E-state index contributed by atoms with van der Waals surface area (Å²) in [6.07, 6.45) is 4.12. The van der Waals surface area contributed by atoms with E-state index in [4.69, 9.17) is 10.5 Å². The number of sulfone groups is 1. The molecule has 1 rings (SSSR count). The van der Waals surface area contributed by atoms with Gasteiger partial charge in [-0.1, -0.05) is 0 Å². The number of unbranched alkanes of at least 4 members (excludes halogenated alkanes) is 2. The Morgan fingerprint density at radius 1 is 1.39 bits per heavy atom. The van der Waals surface area contributed by atoms with Crippen LogP contribution in [0.2, 0.25) is 0 Å². The van der Waals surface area contributed by atoms with E-state index in [0.717, 1.165) is 43.7 Å². The molecule has 104 valence electrons. The zero-order valence-corrected chi connectivity index (χ0v) is 12.2. The summed E-state index contributed by atoms with van der Waals surface area (Å²) in [6, 6.07) is 0. The number of nitrogens with two attached hydrogens (primary N) is 1. The lowest BCUT2D eigenvalue weighted by Crippen LogP contribution is -2.07. The molecule has 1 aromatic heterocycles. The number of nitrogens with zero attached hydrogens (tertiary/aromatic N) is 1. The molecule has 0 bridgehead atoms. The molecule has 0 saturated heterocycles. The molecule has 8 heteroatoms. The summed E-state index contributed by atoms with van der Waals surface area (Å²) in [4.78, 5) is 0.115. The van der Waals surface area contributed by atoms with Crippen LogP contribution in [0.25, 0.3) is 0 Å². The second-order valence-corrected chi connectivity index (χ2v) is 6.70. The third-order valence-corrected chi connectivity index (χ3v) is 4.46. The molecule has 0 unspecified atom stereocenters. The van der Waals surface area contributed by atoms with E-state index in [2.05, 4.69) is 9.69 Å². The Bertz CT molecular complexity index is 471. The van der Waals surface area contributed by atoms with Crippen LogP contribution in [0.3, 0.4) is 0 Å². The average molecular weight is 293 g/mol. The molecule has 6 nitrogen and oxygen atoms in total. The highest BCUT2D eigenvalue weighted by Gasteiger charge is 2.20. The summed E-state index contributed by atoms with van der Waals surface area (Å²) < 4.78 is 31.9. The molecule has 0 aliphatic carbocycles. The van der Waals surface area contributed by atoms with Gasteiger partial charge in [-0.2, -0.15) is 4.37 Å². The molecule has 1 aromatic rings. The maximum Gasteiger partial charge on any atom is 0.182 e. The average Bonchev–Trinajstić information content (AvgIpc) is 2.64. The van der Waals surface area contributed by atoms with Crippen molar-refractivity contribution in [2.24, 2.45) is 0 Å². The van der Waals surface area contributed by atoms with Crippen LogP contribution in [-0.4, -0.2) is 39.3 Å². The standard InChI is InChI=1S/C10H19N3O3S2/c1-16-7-5-3-4-6-12-10-8(18(2,14)15)9(11)13-17-10/h12H,3-7H2,1-2H3,(H2,11,13). The third-order valence-electron chi connectivity index (χ3n) is 2.36. The van der Waals surface area contributed by atoms with E-state index in [1.165, 1.54) is 0 Å². The molecule has 0 aliphatic heterocycles. The van der Waals surface area contributed by atoms with Gasteiger partial charge in [0.1, 0.15) is 9.90 Å². The van der Waals surface area contributed by atoms with Crippen LogP contribution in [0.1, 0.15) is 19.3 Å². The summed E-state index contributed by atoms with van der Waals surface area (Å²) in [5.41, 5.74) is 5.56. The lowest BCUT2D eigenvalue weighted by atomic mass is 10.2. The van der Waals surface area contributed by atoms with E-state index in [1.807, 2.05) is 0 Å². The van der Waals surface area contributed by atoms with Gasteiger partial charge >= 0.3 is 0 Å². The number of aromatic nitrogens is 1. The van der Waals surface area contributed by atoms with Gasteiger partial charge in [0.2, 0.25) is 0 Å². The van der Waals surface area contributed by atoms with Crippen LogP contribution in [0, 0.1) is 0 Å². The van der Waals surface area contributed by atoms with Crippen LogP contribution in [0.4, 0.5) is 10.8 Å². The Morgan fingerprint density at radius 3 is 2.72 bits per heavy atom. The molecule has 0 aliphatic rings. The summed E-state index contributed by atoms with van der Waals surface area (Å²) in [6.45, 7) is 1.45. The zero-order chi connectivity index (χ0) is 13.6. The number of rotatable bonds is 8. The van der Waals surface area contributed by atoms with Crippen LogP contribution < -0.4 is 11.1 Å². The highest BCUT2D eigenvalue weighted by Crippen LogP contribution is 2.31. The summed E-state index contributed by atoms with van der Waals surface area (Å²) in [5.74, 6) is 0.0735. The van der Waals surface area contributed by atoms with Gasteiger partial charge in [-0.3, -0.25) is 0 Å². The summed E-state index contributed by atoms with van der Waals surface area (Å²) >= 11 is 1.08. The highest BCUT2D eigenvalue weighted by atomic mass is 32.2. The molecule has 18 heavy (non-hydrogen) atoms. The van der Waals surface area contributed by atoms with Gasteiger partial charge in [0.15, 0.2) is 15.7 Å². The Labute approximate surface area is 112 Å². The fourth-order valence-electron chi connectivity index (χ4n) is 1.52. The van der Waals surface area contributed by atoms with E-state index < -0.39 is 9.84 Å². The summed E-state index contributed by atoms with van der Waals surface area (Å²) in [5, 5.41) is 3.60. The Kier molecular flexibility index (Phi) is 5.83. The highest BCUT2D eigenvalue weighted by molar-refractivity contribution is 7.91. The minimum absolute atomic E-state index is 0.0735. The first-order valence-electron chi connectivity index (χ1n) is 5.65. The van der Waals surface area contributed by atoms with E-state index in [-0.39, 0.29) is 10.7 Å². The number of hydrogen-bond donors (Lipinski definition) is 2. The van der Waals surface area contributed by atoms with Gasteiger partial charge in [0, 0.05) is 26.5 Å². The first kappa shape index (κ1) is 15.2. The fraction of sp³-hybridized carbons (Fsp3) is 0.700. The Balaban J connectivity index is 2.49. The van der Waals surface area contributed by atoms with Crippen LogP contribution in [0.5, 0.6) is 0 Å². The van der Waals surface area contributed by atoms with Crippen molar-refractivity contribution in [1.82, 2.24) is 4.37 Å². The molecule has 0 saturated carbocycles. The van der Waals surface area contributed by atoms with Crippen molar-refractivity contribution in [2.75, 3.05) is 37.6 Å². The molecule has 0 spiro atoms. The molecule has 0 amide bonds. The molecule has 0 atom stereocenters. The second-order valence-electron chi connectivity index (χ2n) is 3.98. The molecule has 3 N–H and O–H groups in total. The zero-order valence-electron chi connectivity index (χ0n) is 10.6. The minimum atomic E-state index is -3.33. The van der Waals surface area contributed by atoms with Crippen molar-refractivity contribution in [3.63, 3.8) is 0 Å². The van der Waals surface area contributed by atoms with Crippen LogP contribution in [-0.2, 0) is 14.6 Å². The van der Waals surface area contributed by atoms with Gasteiger partial charge in [0.05, 0.1) is 0 Å². The molecular weight excluding hydrogens is 274 g/mol. The predicted octanol–water partition coefficient (Wildman–Crippen LogP) is 1.36. The maximum atomic E-state index is 11.5. The van der Waals surface area contributed by atoms with E-state index in [9.17, 15) is 8.42 Å². The lowest BCUT2D eigenvalue weighted by Gasteiger charge is -2.05. The minimum Gasteiger partial charge on any atom is -0.385 e. The van der Waals surface area contributed by atoms with Gasteiger partial charge < -0.3 is 15.8 Å². The molecule has 0 fully saturated rings. The van der Waals surface area contributed by atoms with E-state index in [0.29, 0.717) is 11.5 Å². The molecule has 1 heterocycles. The van der Waals surface area contributed by atoms with Gasteiger partial charge in [-0.15, -0.1) is 0 Å². The van der Waals surface area contributed by atoms with Crippen molar-refractivity contribution < 1.29 is 13.2 Å². The van der Waals surface area contributed by atoms with Gasteiger partial charge in [-0.05, 0) is 30.8 Å². The van der Waals surface area contributed by atoms with Crippen molar-refractivity contribution >= 4 is 32.2 Å². The smallest absolute Gasteiger partial charge is 0.182 e. The van der Waals surface area contributed by atoms with Crippen LogP contribution >= 0.6 is 11.5 Å². The molecular formula is C10H19N3O3S2. The normalized spacial score (nSPS) is 11.7. The molecule has 0 radical (unpaired) electrons. The largest absolute Gasteiger partial charge is 0.385 e. The van der Waals surface area contributed by atoms with E-state index >= 15 is 0 Å². The fourth-order valence-corrected chi connectivity index (χ4v) is 3.61. The van der Waals surface area contributed by atoms with E-state index in [1.54, 1.807) is 7.11 Å². The number of methoxy groups -OCH3 is 1. The van der Waals surface area contributed by atoms with Crippen LogP contribution in [0.15, 0.2) is 4.90 Å². The lowest BCUT2D eigenvalue weighted by molar-refractivity contribution is 0.192. The monoisotopic (exact) mass is 293 g/mol. The maximum absolute atomic E-state index is 11.5. The van der Waals surface area contributed by atoms with Gasteiger partial charge in [0.25, 0.3) is 0 Å². The van der Waals surface area contributed by atoms with Gasteiger partial charge in [-0.25, -0.2) is 8.42 Å². The molecule has 0 aromatic carbocycles. The third kappa shape index (κ3) is 4.43. The quantitative estimate of drug-likeness (QED) is 0.703. The SMILES string of the molecule is COCCCCCNc1snc(N)c1S(C)(=O)=O. The first-order valence-corrected chi connectivity index (χ1v) is 8.31. The predicted molar refractivity (Wildman–Crippen MR) is 73.9 cm³/mol. The van der Waals surface area contributed by atoms with Crippen molar-refractivity contribution in [2.45, 2.75) is 24.2 Å². The summed E-state index contributed by atoms with van der Waals surface area (Å²) in [7, 11) is -1.65. The second kappa shape index (κ2) is 6.91. The number of ether oxygens (including phenoxy) is 1. The number of nitrogens with one attached hydrogen (secondary N) is 1. The van der Waals surface area contributed by atoms with Crippen molar-refractivity contribution in [3.05, 3.63) is 0 Å². The first-order chi connectivity index (χ1) is 8.46. The number of anilines is 2. The Hall–Kier alpha value is -0.860. The Morgan fingerprint density at radius 2 is 2.11 bits per heavy atom.